The fraction of sp³-hybridized carbons (Fsp3) is 0.273. The van der Waals surface area contributed by atoms with Gasteiger partial charge in [0.25, 0.3) is 5.91 Å². The van der Waals surface area contributed by atoms with E-state index < -0.39 is 5.91 Å². The maximum Gasteiger partial charge on any atom is 0.254 e. The van der Waals surface area contributed by atoms with Crippen LogP contribution in [0.3, 0.4) is 0 Å². The maximum absolute atomic E-state index is 11.8. The Hall–Kier alpha value is -1.88. The van der Waals surface area contributed by atoms with Crippen molar-refractivity contribution >= 4 is 11.8 Å². The Balaban J connectivity index is 2.83. The predicted octanol–water partition coefficient (Wildman–Crippen LogP) is -0.297. The summed E-state index contributed by atoms with van der Waals surface area (Å²) in [6.07, 6.45) is 0. The first kappa shape index (κ1) is 12.2. The van der Waals surface area contributed by atoms with E-state index in [0.717, 1.165) is 5.56 Å². The molecule has 0 saturated carbocycles. The molecule has 5 nitrogen and oxygen atoms in total. The van der Waals surface area contributed by atoms with Gasteiger partial charge in [0.15, 0.2) is 0 Å². The van der Waals surface area contributed by atoms with Crippen LogP contribution < -0.4 is 11.5 Å². The van der Waals surface area contributed by atoms with Crippen LogP contribution in [0.2, 0.25) is 0 Å². The summed E-state index contributed by atoms with van der Waals surface area (Å²) >= 11 is 0. The molecular formula is C11H15N3O2. The van der Waals surface area contributed by atoms with Crippen molar-refractivity contribution < 1.29 is 9.59 Å². The van der Waals surface area contributed by atoms with Gasteiger partial charge < -0.3 is 16.4 Å². The van der Waals surface area contributed by atoms with E-state index in [-0.39, 0.29) is 12.5 Å². The van der Waals surface area contributed by atoms with Gasteiger partial charge in [-0.2, -0.15) is 0 Å². The Kier molecular flexibility index (Phi) is 4.02. The van der Waals surface area contributed by atoms with Crippen LogP contribution in [-0.4, -0.2) is 30.3 Å². The van der Waals surface area contributed by atoms with Crippen LogP contribution in [0.1, 0.15) is 15.9 Å². The Labute approximate surface area is 94.0 Å². The van der Waals surface area contributed by atoms with E-state index in [4.69, 9.17) is 11.5 Å². The highest BCUT2D eigenvalue weighted by atomic mass is 16.2. The molecule has 16 heavy (non-hydrogen) atoms. The number of hydrogen-bond acceptors (Lipinski definition) is 3. The van der Waals surface area contributed by atoms with Gasteiger partial charge >= 0.3 is 0 Å². The average Bonchev–Trinajstić information content (AvgIpc) is 2.27. The van der Waals surface area contributed by atoms with Crippen molar-refractivity contribution in [2.24, 2.45) is 11.5 Å². The quantitative estimate of drug-likeness (QED) is 0.731. The van der Waals surface area contributed by atoms with E-state index in [9.17, 15) is 9.59 Å². The number of likely N-dealkylation sites (N-methyl/N-ethyl adjacent to an activating group) is 1. The summed E-state index contributed by atoms with van der Waals surface area (Å²) in [4.78, 5) is 23.8. The fourth-order valence-corrected chi connectivity index (χ4v) is 1.36. The number of benzene rings is 1. The topological polar surface area (TPSA) is 89.4 Å². The molecule has 1 aromatic carbocycles. The number of carbonyl (C=O) groups excluding carboxylic acids is 2. The Morgan fingerprint density at radius 2 is 2.06 bits per heavy atom. The summed E-state index contributed by atoms with van der Waals surface area (Å²) in [5.41, 5.74) is 11.9. The van der Waals surface area contributed by atoms with Gasteiger partial charge in [-0.25, -0.2) is 0 Å². The van der Waals surface area contributed by atoms with Crippen molar-refractivity contribution in [2.45, 2.75) is 6.54 Å². The van der Waals surface area contributed by atoms with Crippen LogP contribution in [-0.2, 0) is 11.3 Å². The van der Waals surface area contributed by atoms with Crippen molar-refractivity contribution in [3.63, 3.8) is 0 Å². The lowest BCUT2D eigenvalue weighted by molar-refractivity contribution is -0.118. The number of primary amides is 1. The van der Waals surface area contributed by atoms with Crippen molar-refractivity contribution in [1.82, 2.24) is 4.90 Å². The lowest BCUT2D eigenvalue weighted by Gasteiger charge is -2.15. The van der Waals surface area contributed by atoms with Crippen LogP contribution in [0, 0.1) is 0 Å². The van der Waals surface area contributed by atoms with Crippen LogP contribution >= 0.6 is 0 Å². The molecule has 0 bridgehead atoms. The maximum atomic E-state index is 11.8. The Morgan fingerprint density at radius 3 is 2.62 bits per heavy atom. The van der Waals surface area contributed by atoms with Gasteiger partial charge in [0.2, 0.25) is 5.91 Å². The normalized spacial score (nSPS) is 9.88. The van der Waals surface area contributed by atoms with E-state index in [1.807, 2.05) is 6.07 Å². The van der Waals surface area contributed by atoms with E-state index in [1.54, 1.807) is 18.2 Å². The highest BCUT2D eigenvalue weighted by Gasteiger charge is 2.13. The van der Waals surface area contributed by atoms with Gasteiger partial charge in [-0.05, 0) is 17.7 Å². The van der Waals surface area contributed by atoms with Crippen molar-refractivity contribution in [3.05, 3.63) is 35.4 Å². The van der Waals surface area contributed by atoms with Crippen molar-refractivity contribution in [2.75, 3.05) is 13.6 Å². The zero-order chi connectivity index (χ0) is 12.1. The molecule has 0 aliphatic carbocycles. The van der Waals surface area contributed by atoms with Crippen molar-refractivity contribution in [3.8, 4) is 0 Å². The number of rotatable bonds is 4. The molecule has 0 aliphatic rings. The van der Waals surface area contributed by atoms with Gasteiger partial charge in [0, 0.05) is 19.2 Å². The Morgan fingerprint density at radius 1 is 1.38 bits per heavy atom. The third kappa shape index (κ3) is 3.06. The van der Waals surface area contributed by atoms with E-state index in [1.165, 1.54) is 11.9 Å². The van der Waals surface area contributed by atoms with E-state index in [2.05, 4.69) is 0 Å². The van der Waals surface area contributed by atoms with Crippen molar-refractivity contribution in [1.29, 1.82) is 0 Å². The number of nitrogens with two attached hydrogens (primary N) is 2. The summed E-state index contributed by atoms with van der Waals surface area (Å²) in [6.45, 7) is 0.284. The predicted molar refractivity (Wildman–Crippen MR) is 60.5 cm³/mol. The molecule has 5 heteroatoms. The largest absolute Gasteiger partial charge is 0.368 e. The number of amides is 2. The molecule has 1 aromatic rings. The Bertz CT molecular complexity index is 404. The highest BCUT2D eigenvalue weighted by Crippen LogP contribution is 2.07. The summed E-state index contributed by atoms with van der Waals surface area (Å²) in [5.74, 6) is -0.778. The van der Waals surface area contributed by atoms with E-state index >= 15 is 0 Å². The van der Waals surface area contributed by atoms with Gasteiger partial charge in [0.1, 0.15) is 0 Å². The van der Waals surface area contributed by atoms with Gasteiger partial charge in [0.05, 0.1) is 6.54 Å². The summed E-state index contributed by atoms with van der Waals surface area (Å²) in [7, 11) is 1.53. The first-order valence-corrected chi connectivity index (χ1v) is 4.87. The fourth-order valence-electron chi connectivity index (χ4n) is 1.36. The van der Waals surface area contributed by atoms with Crippen LogP contribution in [0.15, 0.2) is 24.3 Å². The minimum Gasteiger partial charge on any atom is -0.368 e. The molecule has 0 aliphatic heterocycles. The van der Waals surface area contributed by atoms with Gasteiger partial charge in [-0.3, -0.25) is 9.59 Å². The zero-order valence-corrected chi connectivity index (χ0v) is 9.14. The first-order chi connectivity index (χ1) is 7.54. The number of nitrogens with zero attached hydrogens (tertiary/aromatic N) is 1. The molecule has 0 aromatic heterocycles. The lowest BCUT2D eigenvalue weighted by Crippen LogP contribution is -2.35. The summed E-state index contributed by atoms with van der Waals surface area (Å²) in [6, 6.07) is 6.98. The van der Waals surface area contributed by atoms with Crippen LogP contribution in [0.25, 0.3) is 0 Å². The second-order valence-corrected chi connectivity index (χ2v) is 3.53. The lowest BCUT2D eigenvalue weighted by atomic mass is 10.1. The molecular weight excluding hydrogens is 206 g/mol. The second-order valence-electron chi connectivity index (χ2n) is 3.53. The van der Waals surface area contributed by atoms with Gasteiger partial charge in [-0.1, -0.05) is 12.1 Å². The standard InChI is InChI=1S/C11H15N3O2/c1-14(7-10(13)15)11(16)9-4-2-3-8(5-9)6-12/h2-5H,6-7,12H2,1H3,(H2,13,15). The molecule has 4 N–H and O–H groups in total. The van der Waals surface area contributed by atoms with E-state index in [0.29, 0.717) is 12.1 Å². The minimum absolute atomic E-state index is 0.0916. The first-order valence-electron chi connectivity index (χ1n) is 4.87. The third-order valence-corrected chi connectivity index (χ3v) is 2.15. The minimum atomic E-state index is -0.536. The van der Waals surface area contributed by atoms with Crippen LogP contribution in [0.5, 0.6) is 0 Å². The summed E-state index contributed by atoms with van der Waals surface area (Å²) in [5, 5.41) is 0. The molecule has 0 atom stereocenters. The molecule has 86 valence electrons. The molecule has 0 heterocycles. The molecule has 0 saturated heterocycles. The molecule has 0 unspecified atom stereocenters. The third-order valence-electron chi connectivity index (χ3n) is 2.15. The molecule has 0 radical (unpaired) electrons. The zero-order valence-electron chi connectivity index (χ0n) is 9.14. The van der Waals surface area contributed by atoms with Gasteiger partial charge in [-0.15, -0.1) is 0 Å². The summed E-state index contributed by atoms with van der Waals surface area (Å²) < 4.78 is 0. The highest BCUT2D eigenvalue weighted by molar-refractivity contribution is 5.96. The monoisotopic (exact) mass is 221 g/mol. The van der Waals surface area contributed by atoms with Crippen LogP contribution in [0.4, 0.5) is 0 Å². The molecule has 1 rings (SSSR count). The average molecular weight is 221 g/mol. The number of hydrogen-bond donors (Lipinski definition) is 2. The second kappa shape index (κ2) is 5.27. The number of carbonyl (C=O) groups is 2. The SMILES string of the molecule is CN(CC(N)=O)C(=O)c1cccc(CN)c1. The molecule has 0 fully saturated rings. The molecule has 0 spiro atoms. The smallest absolute Gasteiger partial charge is 0.254 e. The molecule has 2 amide bonds.